The van der Waals surface area contributed by atoms with Crippen molar-refractivity contribution in [2.24, 2.45) is 0 Å². The van der Waals surface area contributed by atoms with Crippen molar-refractivity contribution in [3.8, 4) is 0 Å². The quantitative estimate of drug-likeness (QED) is 0.291. The second-order valence-corrected chi connectivity index (χ2v) is 12.1. The Labute approximate surface area is 243 Å². The van der Waals surface area contributed by atoms with Crippen LogP contribution in [0.15, 0.2) is 65.6 Å². The first-order valence-electron chi connectivity index (χ1n) is 12.4. The summed E-state index contributed by atoms with van der Waals surface area (Å²) in [5.74, 6) is -0.438. The Balaban J connectivity index is 1.75. The highest BCUT2D eigenvalue weighted by Crippen LogP contribution is 2.42. The molecule has 41 heavy (non-hydrogen) atoms. The van der Waals surface area contributed by atoms with Gasteiger partial charge >= 0.3 is 6.18 Å². The summed E-state index contributed by atoms with van der Waals surface area (Å²) in [6, 6.07) is 12.8. The molecule has 1 aromatic heterocycles. The van der Waals surface area contributed by atoms with E-state index in [0.29, 0.717) is 30.3 Å². The maximum absolute atomic E-state index is 13.9. The third-order valence-corrected chi connectivity index (χ3v) is 9.42. The van der Waals surface area contributed by atoms with E-state index in [9.17, 15) is 31.5 Å². The van der Waals surface area contributed by atoms with Crippen molar-refractivity contribution in [2.75, 3.05) is 26.3 Å². The van der Waals surface area contributed by atoms with Gasteiger partial charge in [-0.1, -0.05) is 41.4 Å². The van der Waals surface area contributed by atoms with Gasteiger partial charge in [-0.2, -0.15) is 13.2 Å². The first kappa shape index (κ1) is 29.4. The van der Waals surface area contributed by atoms with Crippen molar-refractivity contribution in [3.05, 3.63) is 98.7 Å². The number of aryl methyl sites for hydroxylation is 1. The van der Waals surface area contributed by atoms with Crippen LogP contribution in [-0.2, 0) is 20.9 Å². The van der Waals surface area contributed by atoms with Gasteiger partial charge in [-0.25, -0.2) is 12.4 Å². The highest BCUT2D eigenvalue weighted by Gasteiger charge is 2.35. The number of aliphatic hydroxyl groups excluding tert-OH is 1. The SMILES string of the molecule is Cc1cc(C(F)(F)F)cc2c1cc(C(O)c1c(Cl)ccc(C(=O)N3CCOCC3)c1Cl)n2S(=O)(=O)c1ccccc1. The number of morpholine rings is 1. The number of carbonyl (C=O) groups excluding carboxylic acids is 1. The van der Waals surface area contributed by atoms with E-state index < -0.39 is 33.8 Å². The molecule has 7 nitrogen and oxygen atoms in total. The normalized spacial score (nSPS) is 15.3. The van der Waals surface area contributed by atoms with E-state index >= 15 is 0 Å². The van der Waals surface area contributed by atoms with Crippen LogP contribution in [-0.4, -0.2) is 54.6 Å². The van der Waals surface area contributed by atoms with E-state index in [1.165, 1.54) is 54.3 Å². The first-order chi connectivity index (χ1) is 19.3. The molecule has 0 spiro atoms. The zero-order valence-electron chi connectivity index (χ0n) is 21.5. The Hall–Kier alpha value is -3.09. The topological polar surface area (TPSA) is 88.8 Å². The van der Waals surface area contributed by atoms with Crippen molar-refractivity contribution in [3.63, 3.8) is 0 Å². The fourth-order valence-corrected chi connectivity index (χ4v) is 7.08. The van der Waals surface area contributed by atoms with Crippen LogP contribution < -0.4 is 0 Å². The summed E-state index contributed by atoms with van der Waals surface area (Å²) in [7, 11) is -4.54. The number of halogens is 5. The summed E-state index contributed by atoms with van der Waals surface area (Å²) >= 11 is 13.1. The van der Waals surface area contributed by atoms with Gasteiger partial charge in [0.15, 0.2) is 0 Å². The number of alkyl halides is 3. The van der Waals surface area contributed by atoms with E-state index in [4.69, 9.17) is 27.9 Å². The zero-order valence-corrected chi connectivity index (χ0v) is 23.8. The molecule has 216 valence electrons. The van der Waals surface area contributed by atoms with Crippen LogP contribution in [0.4, 0.5) is 13.2 Å². The number of hydrogen-bond donors (Lipinski definition) is 1. The van der Waals surface area contributed by atoms with E-state index in [1.807, 2.05) is 0 Å². The minimum Gasteiger partial charge on any atom is -0.382 e. The molecule has 2 heterocycles. The molecule has 0 bridgehead atoms. The van der Waals surface area contributed by atoms with Gasteiger partial charge in [0.1, 0.15) is 6.10 Å². The Morgan fingerprint density at radius 1 is 1.02 bits per heavy atom. The standard InChI is InChI=1S/C28H23Cl2F3N2O5S/c1-16-13-17(28(31,32)33)14-22-20(16)15-23(35(22)41(38,39)18-5-3-2-4-6-18)26(36)24-21(29)8-7-19(25(24)30)27(37)34-9-11-40-12-10-34/h2-8,13-15,26,36H,9-12H2,1H3. The smallest absolute Gasteiger partial charge is 0.382 e. The van der Waals surface area contributed by atoms with Crippen LogP contribution in [0.2, 0.25) is 10.0 Å². The zero-order chi connectivity index (χ0) is 29.7. The molecule has 13 heteroatoms. The lowest BCUT2D eigenvalue weighted by molar-refractivity contribution is -0.137. The van der Waals surface area contributed by atoms with Gasteiger partial charge in [0.25, 0.3) is 15.9 Å². The van der Waals surface area contributed by atoms with Crippen molar-refractivity contribution in [2.45, 2.75) is 24.1 Å². The molecule has 1 aliphatic heterocycles. The molecule has 1 amide bonds. The number of nitrogens with zero attached hydrogens (tertiary/aromatic N) is 2. The lowest BCUT2D eigenvalue weighted by atomic mass is 10.0. The van der Waals surface area contributed by atoms with Crippen LogP contribution in [0.25, 0.3) is 10.9 Å². The van der Waals surface area contributed by atoms with Gasteiger partial charge in [-0.3, -0.25) is 4.79 Å². The van der Waals surface area contributed by atoms with Gasteiger partial charge in [-0.15, -0.1) is 0 Å². The first-order valence-corrected chi connectivity index (χ1v) is 14.6. The molecular formula is C28H23Cl2F3N2O5S. The third-order valence-electron chi connectivity index (χ3n) is 6.93. The van der Waals surface area contributed by atoms with E-state index in [-0.39, 0.29) is 48.2 Å². The van der Waals surface area contributed by atoms with Gasteiger partial charge < -0.3 is 14.7 Å². The predicted octanol–water partition coefficient (Wildman–Crippen LogP) is 6.07. The van der Waals surface area contributed by atoms with Gasteiger partial charge in [-0.05, 0) is 55.0 Å². The second-order valence-electron chi connectivity index (χ2n) is 9.51. The van der Waals surface area contributed by atoms with Crippen LogP contribution >= 0.6 is 23.2 Å². The fraction of sp³-hybridized carbons (Fsp3) is 0.250. The maximum atomic E-state index is 13.9. The van der Waals surface area contributed by atoms with Crippen LogP contribution in [0.5, 0.6) is 0 Å². The number of hydrogen-bond acceptors (Lipinski definition) is 5. The van der Waals surface area contributed by atoms with Crippen molar-refractivity contribution in [1.29, 1.82) is 0 Å². The third kappa shape index (κ3) is 5.32. The molecule has 3 aromatic carbocycles. The molecule has 0 radical (unpaired) electrons. The van der Waals surface area contributed by atoms with Gasteiger partial charge in [0.2, 0.25) is 0 Å². The number of amides is 1. The summed E-state index contributed by atoms with van der Waals surface area (Å²) in [4.78, 5) is 14.5. The van der Waals surface area contributed by atoms with Crippen LogP contribution in [0.1, 0.15) is 38.8 Å². The van der Waals surface area contributed by atoms with E-state index in [0.717, 1.165) is 12.1 Å². The predicted molar refractivity (Wildman–Crippen MR) is 148 cm³/mol. The number of fused-ring (bicyclic) bond motifs is 1. The molecule has 1 unspecified atom stereocenters. The van der Waals surface area contributed by atoms with Crippen LogP contribution in [0, 0.1) is 6.92 Å². The maximum Gasteiger partial charge on any atom is 0.416 e. The van der Waals surface area contributed by atoms with Crippen molar-refractivity contribution >= 4 is 50.0 Å². The van der Waals surface area contributed by atoms with Gasteiger partial charge in [0.05, 0.1) is 45.5 Å². The molecule has 1 aliphatic rings. The summed E-state index contributed by atoms with van der Waals surface area (Å²) in [6.45, 7) is 2.72. The average Bonchev–Trinajstić information content (AvgIpc) is 3.34. The number of aromatic nitrogens is 1. The highest BCUT2D eigenvalue weighted by molar-refractivity contribution is 7.90. The summed E-state index contributed by atoms with van der Waals surface area (Å²) < 4.78 is 75.1. The largest absolute Gasteiger partial charge is 0.416 e. The molecule has 5 rings (SSSR count). The fourth-order valence-electron chi connectivity index (χ4n) is 4.87. The number of aliphatic hydroxyl groups is 1. The number of rotatable bonds is 5. The Morgan fingerprint density at radius 3 is 2.32 bits per heavy atom. The molecule has 1 saturated heterocycles. The highest BCUT2D eigenvalue weighted by atomic mass is 35.5. The lowest BCUT2D eigenvalue weighted by Gasteiger charge is -2.28. The number of carbonyl (C=O) groups is 1. The molecule has 1 N–H and O–H groups in total. The summed E-state index contributed by atoms with van der Waals surface area (Å²) in [5, 5.41) is 11.6. The lowest BCUT2D eigenvalue weighted by Crippen LogP contribution is -2.40. The Bertz CT molecular complexity index is 1750. The summed E-state index contributed by atoms with van der Waals surface area (Å²) in [5.41, 5.74) is -1.64. The van der Waals surface area contributed by atoms with E-state index in [2.05, 4.69) is 0 Å². The molecule has 4 aromatic rings. The number of ether oxygens (including phenoxy) is 1. The Kier molecular flexibility index (Phi) is 7.86. The molecule has 0 aliphatic carbocycles. The van der Waals surface area contributed by atoms with Gasteiger partial charge in [0, 0.05) is 29.1 Å². The van der Waals surface area contributed by atoms with Crippen molar-refractivity contribution in [1.82, 2.24) is 8.87 Å². The number of benzene rings is 3. The molecule has 1 atom stereocenters. The minimum atomic E-state index is -4.76. The molecular weight excluding hydrogens is 604 g/mol. The second kappa shape index (κ2) is 11.0. The Morgan fingerprint density at radius 2 is 1.68 bits per heavy atom. The monoisotopic (exact) mass is 626 g/mol. The summed E-state index contributed by atoms with van der Waals surface area (Å²) in [6.07, 6.45) is -6.60. The molecule has 0 saturated carbocycles. The molecule has 1 fully saturated rings. The van der Waals surface area contributed by atoms with E-state index in [1.54, 1.807) is 6.07 Å². The minimum absolute atomic E-state index is 0.0242. The van der Waals surface area contributed by atoms with Crippen LogP contribution in [0.3, 0.4) is 0 Å². The average molecular weight is 627 g/mol. The van der Waals surface area contributed by atoms with Crippen molar-refractivity contribution < 1.29 is 36.2 Å².